The Morgan fingerprint density at radius 3 is 2.60 bits per heavy atom. The summed E-state index contributed by atoms with van der Waals surface area (Å²) in [5.41, 5.74) is 0.693. The van der Waals surface area contributed by atoms with Gasteiger partial charge in [0, 0.05) is 6.42 Å². The van der Waals surface area contributed by atoms with Gasteiger partial charge in [0.1, 0.15) is 6.10 Å². The topological polar surface area (TPSA) is 83.8 Å². The fourth-order valence-electron chi connectivity index (χ4n) is 5.71. The second-order valence-electron chi connectivity index (χ2n) is 10.6. The number of rotatable bonds is 7. The molecular formula is C25H38O5. The average molecular weight is 419 g/mol. The molecule has 0 radical (unpaired) electrons. The van der Waals surface area contributed by atoms with Gasteiger partial charge in [0.15, 0.2) is 0 Å². The van der Waals surface area contributed by atoms with E-state index in [-0.39, 0.29) is 18.5 Å². The van der Waals surface area contributed by atoms with E-state index in [1.165, 1.54) is 5.57 Å². The van der Waals surface area contributed by atoms with Gasteiger partial charge in [-0.2, -0.15) is 0 Å². The van der Waals surface area contributed by atoms with Crippen LogP contribution in [0, 0.1) is 35.0 Å². The second kappa shape index (κ2) is 9.25. The molecule has 1 saturated heterocycles. The molecule has 0 aromatic rings. The van der Waals surface area contributed by atoms with Gasteiger partial charge in [-0.05, 0) is 81.1 Å². The van der Waals surface area contributed by atoms with Crippen LogP contribution in [0.3, 0.4) is 0 Å². The highest BCUT2D eigenvalue weighted by atomic mass is 16.5. The minimum absolute atomic E-state index is 0.105. The van der Waals surface area contributed by atoms with Crippen molar-refractivity contribution in [3.63, 3.8) is 0 Å². The molecule has 0 bridgehead atoms. The Bertz CT molecular complexity index is 706. The fourth-order valence-corrected chi connectivity index (χ4v) is 5.71. The summed E-state index contributed by atoms with van der Waals surface area (Å²) in [6, 6.07) is 0. The first-order valence-corrected chi connectivity index (χ1v) is 11.6. The van der Waals surface area contributed by atoms with Gasteiger partial charge in [0.2, 0.25) is 0 Å². The zero-order valence-electron chi connectivity index (χ0n) is 18.8. The summed E-state index contributed by atoms with van der Waals surface area (Å²) in [6.07, 6.45) is 11.2. The number of allylic oxidation sites excluding steroid dienone is 4. The molecule has 2 aliphatic carbocycles. The fraction of sp³-hybridized carbons (Fsp3) is 0.760. The predicted molar refractivity (Wildman–Crippen MR) is 116 cm³/mol. The van der Waals surface area contributed by atoms with Gasteiger partial charge in [0.25, 0.3) is 0 Å². The van der Waals surface area contributed by atoms with E-state index in [0.29, 0.717) is 42.4 Å². The van der Waals surface area contributed by atoms with E-state index < -0.39 is 17.5 Å². The maximum Gasteiger partial charge on any atom is 0.309 e. The minimum atomic E-state index is -0.728. The van der Waals surface area contributed by atoms with Gasteiger partial charge < -0.3 is 14.9 Å². The maximum absolute atomic E-state index is 11.7. The molecule has 1 heterocycles. The lowest BCUT2D eigenvalue weighted by Crippen LogP contribution is -2.37. The van der Waals surface area contributed by atoms with Crippen molar-refractivity contribution in [1.29, 1.82) is 0 Å². The molecular weight excluding hydrogens is 380 g/mol. The molecule has 5 nitrogen and oxygen atoms in total. The van der Waals surface area contributed by atoms with Crippen LogP contribution in [0.1, 0.15) is 72.6 Å². The van der Waals surface area contributed by atoms with Crippen molar-refractivity contribution in [3.05, 3.63) is 23.8 Å². The second-order valence-corrected chi connectivity index (χ2v) is 10.6. The van der Waals surface area contributed by atoms with Gasteiger partial charge in [-0.1, -0.05) is 32.1 Å². The number of carbonyl (C=O) groups excluding carboxylic acids is 1. The number of aliphatic carboxylic acids is 1. The monoisotopic (exact) mass is 418 g/mol. The van der Waals surface area contributed by atoms with Crippen LogP contribution >= 0.6 is 0 Å². The largest absolute Gasteiger partial charge is 0.481 e. The molecule has 0 saturated carbocycles. The Kier molecular flexibility index (Phi) is 7.11. The molecule has 3 aliphatic rings. The first kappa shape index (κ1) is 23.1. The predicted octanol–water partition coefficient (Wildman–Crippen LogP) is 4.74. The number of carbonyl (C=O) groups is 2. The van der Waals surface area contributed by atoms with E-state index in [1.807, 2.05) is 13.8 Å². The first-order chi connectivity index (χ1) is 14.1. The van der Waals surface area contributed by atoms with Crippen LogP contribution in [0.25, 0.3) is 0 Å². The van der Waals surface area contributed by atoms with E-state index in [2.05, 4.69) is 32.1 Å². The van der Waals surface area contributed by atoms with E-state index in [9.17, 15) is 19.8 Å². The summed E-state index contributed by atoms with van der Waals surface area (Å²) < 4.78 is 5.48. The standard InChI is InChI=1S/C25H38O5/c1-15-11-17-6-5-16(2)21(8-7-20-13-19(26)14-22(27)30-20)23(17)18(12-15)9-10-25(3,4)24(28)29/h5-6,11,15-16,18-21,23,26H,7-10,12-14H2,1-4H3,(H,28,29)/t15-,16+,18-,19+,20+,21-,23+/m0/s1. The lowest BCUT2D eigenvalue weighted by Gasteiger charge is -2.44. The van der Waals surface area contributed by atoms with Crippen LogP contribution in [0.2, 0.25) is 0 Å². The molecule has 3 rings (SSSR count). The number of cyclic esters (lactones) is 1. The third-order valence-corrected chi connectivity index (χ3v) is 7.55. The number of aliphatic hydroxyl groups excluding tert-OH is 1. The maximum atomic E-state index is 11.7. The summed E-state index contributed by atoms with van der Waals surface area (Å²) in [6.45, 7) is 8.15. The van der Waals surface area contributed by atoms with Crippen LogP contribution < -0.4 is 0 Å². The third-order valence-electron chi connectivity index (χ3n) is 7.55. The first-order valence-electron chi connectivity index (χ1n) is 11.6. The van der Waals surface area contributed by atoms with Crippen molar-refractivity contribution in [2.24, 2.45) is 35.0 Å². The zero-order valence-corrected chi connectivity index (χ0v) is 18.8. The Labute approximate surface area is 180 Å². The molecule has 168 valence electrons. The van der Waals surface area contributed by atoms with Crippen LogP contribution in [0.4, 0.5) is 0 Å². The molecule has 30 heavy (non-hydrogen) atoms. The van der Waals surface area contributed by atoms with E-state index >= 15 is 0 Å². The van der Waals surface area contributed by atoms with Crippen molar-refractivity contribution < 1.29 is 24.5 Å². The van der Waals surface area contributed by atoms with Crippen molar-refractivity contribution in [3.8, 4) is 0 Å². The van der Waals surface area contributed by atoms with Crippen LogP contribution in [-0.2, 0) is 14.3 Å². The Morgan fingerprint density at radius 1 is 1.20 bits per heavy atom. The highest BCUT2D eigenvalue weighted by molar-refractivity contribution is 5.73. The molecule has 2 N–H and O–H groups in total. The number of ether oxygens (including phenoxy) is 1. The molecule has 0 spiro atoms. The van der Waals surface area contributed by atoms with Gasteiger partial charge >= 0.3 is 11.9 Å². The Balaban J connectivity index is 1.73. The Morgan fingerprint density at radius 2 is 1.93 bits per heavy atom. The number of fused-ring (bicyclic) bond motifs is 1. The summed E-state index contributed by atoms with van der Waals surface area (Å²) in [7, 11) is 0. The van der Waals surface area contributed by atoms with Crippen LogP contribution in [0.15, 0.2) is 23.8 Å². The molecule has 1 aliphatic heterocycles. The van der Waals surface area contributed by atoms with Crippen LogP contribution in [-0.4, -0.2) is 34.4 Å². The van der Waals surface area contributed by atoms with Gasteiger partial charge in [-0.25, -0.2) is 0 Å². The average Bonchev–Trinajstić information content (AvgIpc) is 2.64. The molecule has 5 heteroatoms. The van der Waals surface area contributed by atoms with E-state index in [0.717, 1.165) is 25.7 Å². The van der Waals surface area contributed by atoms with Gasteiger partial charge in [-0.15, -0.1) is 0 Å². The Hall–Kier alpha value is -1.62. The van der Waals surface area contributed by atoms with Crippen LogP contribution in [0.5, 0.6) is 0 Å². The molecule has 1 fully saturated rings. The van der Waals surface area contributed by atoms with Crippen molar-refractivity contribution in [1.82, 2.24) is 0 Å². The highest BCUT2D eigenvalue weighted by Gasteiger charge is 2.41. The summed E-state index contributed by atoms with van der Waals surface area (Å²) in [4.78, 5) is 23.3. The van der Waals surface area contributed by atoms with E-state index in [4.69, 9.17) is 4.74 Å². The smallest absolute Gasteiger partial charge is 0.309 e. The highest BCUT2D eigenvalue weighted by Crippen LogP contribution is 2.49. The van der Waals surface area contributed by atoms with Crippen molar-refractivity contribution in [2.75, 3.05) is 0 Å². The van der Waals surface area contributed by atoms with Gasteiger partial charge in [-0.3, -0.25) is 9.59 Å². The number of hydrogen-bond acceptors (Lipinski definition) is 4. The molecule has 0 amide bonds. The third kappa shape index (κ3) is 5.35. The van der Waals surface area contributed by atoms with Crippen molar-refractivity contribution >= 4 is 11.9 Å². The molecule has 0 unspecified atom stereocenters. The minimum Gasteiger partial charge on any atom is -0.481 e. The normalized spacial score (nSPS) is 36.6. The number of aliphatic hydroxyl groups is 1. The zero-order chi connectivity index (χ0) is 22.1. The lowest BCUT2D eigenvalue weighted by molar-refractivity contribution is -0.160. The molecule has 0 aromatic carbocycles. The SMILES string of the molecule is C[C@@H]1C=CC2=C[C@H](C)C[C@H](CCC(C)(C)C(=O)O)[C@@H]2[C@H]1CC[C@@H]1C[C@@H](O)CC(=O)O1. The van der Waals surface area contributed by atoms with Gasteiger partial charge in [0.05, 0.1) is 17.9 Å². The lowest BCUT2D eigenvalue weighted by atomic mass is 9.60. The summed E-state index contributed by atoms with van der Waals surface area (Å²) in [5, 5.41) is 19.5. The summed E-state index contributed by atoms with van der Waals surface area (Å²) in [5.74, 6) is 1.25. The number of hydrogen-bond donors (Lipinski definition) is 2. The molecule has 7 atom stereocenters. The number of carboxylic acid groups (broad SMARTS) is 1. The number of esters is 1. The molecule has 0 aromatic heterocycles. The quantitative estimate of drug-likeness (QED) is 0.583. The number of carboxylic acids is 1. The summed E-state index contributed by atoms with van der Waals surface area (Å²) >= 11 is 0. The van der Waals surface area contributed by atoms with E-state index in [1.54, 1.807) is 0 Å². The van der Waals surface area contributed by atoms with Crippen molar-refractivity contribution in [2.45, 2.75) is 84.8 Å².